The Hall–Kier alpha value is -2.04. The number of carboxylic acid groups (broad SMARTS) is 1. The van der Waals surface area contributed by atoms with Crippen LogP contribution in [0, 0.1) is 12.8 Å². The topological polar surface area (TPSA) is 75.6 Å². The fourth-order valence-electron chi connectivity index (χ4n) is 1.26. The molecule has 0 unspecified atom stereocenters. The van der Waals surface area contributed by atoms with E-state index in [-0.39, 0.29) is 12.0 Å². The maximum absolute atomic E-state index is 10.9. The molecule has 2 N–H and O–H groups in total. The average Bonchev–Trinajstić information content (AvgIpc) is 2.39. The molecule has 0 saturated carbocycles. The van der Waals surface area contributed by atoms with E-state index < -0.39 is 5.97 Å². The molecule has 0 fully saturated rings. The number of nitrogens with one attached hydrogen (secondary N) is 1. The minimum Gasteiger partial charge on any atom is -0.481 e. The van der Waals surface area contributed by atoms with Crippen LogP contribution in [0.15, 0.2) is 18.2 Å². The highest BCUT2D eigenvalue weighted by molar-refractivity contribution is 5.86. The number of anilines is 1. The Morgan fingerprint density at radius 2 is 2.06 bits per heavy atom. The molecule has 2 rings (SSSR count). The van der Waals surface area contributed by atoms with Crippen molar-refractivity contribution in [3.05, 3.63) is 29.3 Å². The lowest BCUT2D eigenvalue weighted by Crippen LogP contribution is -2.10. The first-order valence-corrected chi connectivity index (χ1v) is 5.67. The van der Waals surface area contributed by atoms with Gasteiger partial charge in [-0.2, -0.15) is 0 Å². The summed E-state index contributed by atoms with van der Waals surface area (Å²) in [7, 11) is 0. The standard InChI is InChI=1S/C9H9NO2.C4H8O2/c1-6-7-3-2-4-8(6)10-9(11)12-5-7;1-3(2)4(5)6/h2-4H,5H2,1H3,(H,10,11);3H,1-2H3,(H,5,6). The third kappa shape index (κ3) is 3.76. The maximum atomic E-state index is 10.9. The molecule has 1 aromatic carbocycles. The second kappa shape index (κ2) is 6.05. The van der Waals surface area contributed by atoms with Gasteiger partial charge in [0.05, 0.1) is 5.92 Å². The summed E-state index contributed by atoms with van der Waals surface area (Å²) in [5.74, 6) is -0.972. The first-order chi connectivity index (χ1) is 8.41. The lowest BCUT2D eigenvalue weighted by Gasteiger charge is -2.02. The van der Waals surface area contributed by atoms with Crippen molar-refractivity contribution >= 4 is 17.7 Å². The van der Waals surface area contributed by atoms with Gasteiger partial charge in [0.25, 0.3) is 0 Å². The van der Waals surface area contributed by atoms with E-state index in [9.17, 15) is 9.59 Å². The number of ether oxygens (including phenoxy) is 1. The smallest absolute Gasteiger partial charge is 0.411 e. The van der Waals surface area contributed by atoms with Gasteiger partial charge < -0.3 is 9.84 Å². The van der Waals surface area contributed by atoms with E-state index >= 15 is 0 Å². The highest BCUT2D eigenvalue weighted by atomic mass is 16.5. The van der Waals surface area contributed by atoms with E-state index in [2.05, 4.69) is 5.32 Å². The Labute approximate surface area is 106 Å². The van der Waals surface area contributed by atoms with Gasteiger partial charge in [-0.3, -0.25) is 10.1 Å². The molecular formula is C13H17NO4. The Bertz CT molecular complexity index is 454. The third-order valence-electron chi connectivity index (χ3n) is 2.54. The first kappa shape index (κ1) is 14.0. The molecule has 0 aromatic heterocycles. The number of carboxylic acids is 1. The summed E-state index contributed by atoms with van der Waals surface area (Å²) in [6, 6.07) is 5.73. The number of hydrogen-bond donors (Lipinski definition) is 2. The summed E-state index contributed by atoms with van der Waals surface area (Å²) in [5, 5.41) is 10.6. The van der Waals surface area contributed by atoms with Crippen LogP contribution < -0.4 is 5.32 Å². The van der Waals surface area contributed by atoms with Crippen molar-refractivity contribution < 1.29 is 19.4 Å². The van der Waals surface area contributed by atoms with Crippen molar-refractivity contribution in [2.45, 2.75) is 27.4 Å². The number of benzene rings is 1. The molecule has 18 heavy (non-hydrogen) atoms. The zero-order valence-corrected chi connectivity index (χ0v) is 10.7. The van der Waals surface area contributed by atoms with Crippen molar-refractivity contribution in [3.8, 4) is 0 Å². The van der Waals surface area contributed by atoms with Gasteiger partial charge in [-0.15, -0.1) is 0 Å². The number of rotatable bonds is 1. The number of fused-ring (bicyclic) bond motifs is 2. The quantitative estimate of drug-likeness (QED) is 0.804. The molecule has 0 atom stereocenters. The largest absolute Gasteiger partial charge is 0.481 e. The first-order valence-electron chi connectivity index (χ1n) is 5.67. The van der Waals surface area contributed by atoms with Crippen molar-refractivity contribution in [1.82, 2.24) is 0 Å². The van der Waals surface area contributed by atoms with Crippen molar-refractivity contribution in [2.75, 3.05) is 5.32 Å². The normalized spacial score (nSPS) is 12.8. The van der Waals surface area contributed by atoms with Gasteiger partial charge >= 0.3 is 12.1 Å². The Kier molecular flexibility index (Phi) is 4.71. The van der Waals surface area contributed by atoms with E-state index in [0.717, 1.165) is 16.8 Å². The van der Waals surface area contributed by atoms with Crippen molar-refractivity contribution in [3.63, 3.8) is 0 Å². The molecule has 1 aliphatic rings. The summed E-state index contributed by atoms with van der Waals surface area (Å²) in [4.78, 5) is 20.6. The number of hydrogen-bond acceptors (Lipinski definition) is 3. The Morgan fingerprint density at radius 1 is 1.44 bits per heavy atom. The molecule has 1 aromatic rings. The molecule has 1 heterocycles. The molecular weight excluding hydrogens is 234 g/mol. The minimum absolute atomic E-state index is 0.231. The van der Waals surface area contributed by atoms with Gasteiger partial charge in [0.1, 0.15) is 6.61 Å². The summed E-state index contributed by atoms with van der Waals surface area (Å²) in [6.45, 7) is 5.62. The fraction of sp³-hybridized carbons (Fsp3) is 0.385. The third-order valence-corrected chi connectivity index (χ3v) is 2.54. The molecule has 5 nitrogen and oxygen atoms in total. The zero-order valence-electron chi connectivity index (χ0n) is 10.7. The van der Waals surface area contributed by atoms with Crippen LogP contribution in [-0.4, -0.2) is 17.2 Å². The molecule has 2 bridgehead atoms. The number of amides is 1. The van der Waals surface area contributed by atoms with E-state index in [1.165, 1.54) is 0 Å². The molecule has 0 spiro atoms. The molecule has 0 aliphatic carbocycles. The van der Waals surface area contributed by atoms with Gasteiger partial charge in [0, 0.05) is 5.69 Å². The number of carbonyl (C=O) groups excluding carboxylic acids is 1. The Balaban J connectivity index is 0.000000232. The summed E-state index contributed by atoms with van der Waals surface area (Å²) < 4.78 is 4.89. The van der Waals surface area contributed by atoms with Gasteiger partial charge in [0.15, 0.2) is 0 Å². The number of cyclic esters (lactones) is 1. The van der Waals surface area contributed by atoms with Gasteiger partial charge in [-0.1, -0.05) is 26.0 Å². The van der Waals surface area contributed by atoms with Crippen molar-refractivity contribution in [1.29, 1.82) is 0 Å². The number of aliphatic carboxylic acids is 1. The monoisotopic (exact) mass is 251 g/mol. The predicted molar refractivity (Wildman–Crippen MR) is 67.5 cm³/mol. The SMILES string of the molecule is CC(C)C(=O)O.Cc1c2cccc1NC(=O)OC2. The maximum Gasteiger partial charge on any atom is 0.411 e. The number of carbonyl (C=O) groups is 2. The van der Waals surface area contributed by atoms with Crippen molar-refractivity contribution in [2.24, 2.45) is 5.92 Å². The summed E-state index contributed by atoms with van der Waals surface area (Å²) in [6.07, 6.45) is -0.376. The predicted octanol–water partition coefficient (Wildman–Crippen LogP) is 2.78. The second-order valence-corrected chi connectivity index (χ2v) is 4.28. The molecule has 1 aliphatic heterocycles. The lowest BCUT2D eigenvalue weighted by molar-refractivity contribution is -0.140. The molecule has 5 heteroatoms. The Morgan fingerprint density at radius 3 is 2.61 bits per heavy atom. The van der Waals surface area contributed by atoms with Gasteiger partial charge in [-0.05, 0) is 24.1 Å². The zero-order chi connectivity index (χ0) is 13.7. The lowest BCUT2D eigenvalue weighted by atomic mass is 10.1. The minimum atomic E-state index is -0.741. The van der Waals surface area contributed by atoms with Crippen LogP contribution in [0.3, 0.4) is 0 Å². The van der Waals surface area contributed by atoms with Crippen LogP contribution in [0.25, 0.3) is 0 Å². The highest BCUT2D eigenvalue weighted by Gasteiger charge is 2.13. The van der Waals surface area contributed by atoms with E-state index in [1.807, 2.05) is 25.1 Å². The van der Waals surface area contributed by atoms with Crippen LogP contribution in [0.1, 0.15) is 25.0 Å². The highest BCUT2D eigenvalue weighted by Crippen LogP contribution is 2.22. The second-order valence-electron chi connectivity index (χ2n) is 4.28. The van der Waals surface area contributed by atoms with Crippen LogP contribution in [0.4, 0.5) is 10.5 Å². The van der Waals surface area contributed by atoms with Crippen LogP contribution in [0.2, 0.25) is 0 Å². The van der Waals surface area contributed by atoms with Gasteiger partial charge in [0.2, 0.25) is 0 Å². The van der Waals surface area contributed by atoms with Crippen LogP contribution in [0.5, 0.6) is 0 Å². The van der Waals surface area contributed by atoms with E-state index in [4.69, 9.17) is 9.84 Å². The van der Waals surface area contributed by atoms with Crippen LogP contribution in [-0.2, 0) is 16.1 Å². The molecule has 1 amide bonds. The van der Waals surface area contributed by atoms with E-state index in [0.29, 0.717) is 6.61 Å². The van der Waals surface area contributed by atoms with Crippen LogP contribution >= 0.6 is 0 Å². The molecule has 0 radical (unpaired) electrons. The molecule has 98 valence electrons. The molecule has 0 saturated heterocycles. The average molecular weight is 251 g/mol. The van der Waals surface area contributed by atoms with E-state index in [1.54, 1.807) is 13.8 Å². The fourth-order valence-corrected chi connectivity index (χ4v) is 1.26. The summed E-state index contributed by atoms with van der Waals surface area (Å²) in [5.41, 5.74) is 2.99. The van der Waals surface area contributed by atoms with Gasteiger partial charge in [-0.25, -0.2) is 4.79 Å². The summed E-state index contributed by atoms with van der Waals surface area (Å²) >= 11 is 0.